The van der Waals surface area contributed by atoms with E-state index in [-0.39, 0.29) is 5.92 Å². The highest BCUT2D eigenvalue weighted by molar-refractivity contribution is 5.70. The maximum atomic E-state index is 9.53. The van der Waals surface area contributed by atoms with E-state index in [2.05, 4.69) is 55.5 Å². The van der Waals surface area contributed by atoms with Gasteiger partial charge in [-0.2, -0.15) is 5.26 Å². The number of anilines is 1. The van der Waals surface area contributed by atoms with E-state index in [9.17, 15) is 5.26 Å². The third-order valence-corrected chi connectivity index (χ3v) is 4.13. The number of nitrogens with zero attached hydrogens (tertiary/aromatic N) is 2. The molecule has 0 saturated carbocycles. The van der Waals surface area contributed by atoms with Gasteiger partial charge in [0.05, 0.1) is 11.6 Å². The highest BCUT2D eigenvalue weighted by atomic mass is 15.1. The summed E-state index contributed by atoms with van der Waals surface area (Å²) in [6.07, 6.45) is 2.22. The minimum Gasteiger partial charge on any atom is -0.378 e. The first-order valence-electron chi connectivity index (χ1n) is 7.10. The first-order chi connectivity index (χ1) is 10.1. The second kappa shape index (κ2) is 5.10. The summed E-state index contributed by atoms with van der Waals surface area (Å²) in [5.74, 6) is 0.201. The highest BCUT2D eigenvalue weighted by Gasteiger charge is 2.26. The first kappa shape index (κ1) is 13.5. The average molecular weight is 274 g/mol. The zero-order chi connectivity index (χ0) is 15.0. The molecule has 0 bridgehead atoms. The third kappa shape index (κ3) is 2.21. The van der Waals surface area contributed by atoms with Crippen LogP contribution in [0.15, 0.2) is 48.0 Å². The van der Waals surface area contributed by atoms with Gasteiger partial charge < -0.3 is 4.90 Å². The SMILES string of the molecule is CC1=Cc2ccccc2C1c1ccc(N(C)C)cc1C#N. The predicted octanol–water partition coefficient (Wildman–Crippen LogP) is 4.17. The number of allylic oxidation sites excluding steroid dienone is 1. The van der Waals surface area contributed by atoms with E-state index in [0.29, 0.717) is 0 Å². The van der Waals surface area contributed by atoms with Crippen molar-refractivity contribution < 1.29 is 0 Å². The lowest BCUT2D eigenvalue weighted by Crippen LogP contribution is -2.10. The van der Waals surface area contributed by atoms with Gasteiger partial charge in [-0.3, -0.25) is 0 Å². The van der Waals surface area contributed by atoms with Crippen molar-refractivity contribution in [1.29, 1.82) is 5.26 Å². The molecule has 0 heterocycles. The van der Waals surface area contributed by atoms with Gasteiger partial charge in [-0.15, -0.1) is 0 Å². The van der Waals surface area contributed by atoms with E-state index in [0.717, 1.165) is 16.8 Å². The van der Waals surface area contributed by atoms with Crippen LogP contribution < -0.4 is 4.90 Å². The van der Waals surface area contributed by atoms with E-state index in [1.165, 1.54) is 16.7 Å². The smallest absolute Gasteiger partial charge is 0.0995 e. The summed E-state index contributed by atoms with van der Waals surface area (Å²) in [5.41, 5.74) is 6.77. The number of hydrogen-bond acceptors (Lipinski definition) is 2. The molecule has 0 saturated heterocycles. The molecule has 104 valence electrons. The number of fused-ring (bicyclic) bond motifs is 1. The van der Waals surface area contributed by atoms with E-state index in [1.807, 2.05) is 25.1 Å². The number of nitriles is 1. The monoisotopic (exact) mass is 274 g/mol. The Morgan fingerprint density at radius 3 is 2.52 bits per heavy atom. The van der Waals surface area contributed by atoms with Gasteiger partial charge in [0.2, 0.25) is 0 Å². The van der Waals surface area contributed by atoms with Crippen LogP contribution in [0.5, 0.6) is 0 Å². The van der Waals surface area contributed by atoms with Crippen LogP contribution in [0.2, 0.25) is 0 Å². The summed E-state index contributed by atoms with van der Waals surface area (Å²) in [5, 5.41) is 9.53. The molecule has 0 spiro atoms. The van der Waals surface area contributed by atoms with Crippen LogP contribution in [0, 0.1) is 11.3 Å². The molecule has 1 aliphatic carbocycles. The first-order valence-corrected chi connectivity index (χ1v) is 7.10. The Hall–Kier alpha value is -2.53. The molecule has 3 rings (SSSR count). The van der Waals surface area contributed by atoms with Gasteiger partial charge in [0.25, 0.3) is 0 Å². The van der Waals surface area contributed by atoms with Crippen molar-refractivity contribution >= 4 is 11.8 Å². The fraction of sp³-hybridized carbons (Fsp3) is 0.211. The molecule has 0 N–H and O–H groups in total. The molecule has 2 heteroatoms. The quantitative estimate of drug-likeness (QED) is 0.821. The van der Waals surface area contributed by atoms with Crippen molar-refractivity contribution in [3.05, 3.63) is 70.3 Å². The Morgan fingerprint density at radius 1 is 1.05 bits per heavy atom. The molecule has 0 fully saturated rings. The Kier molecular flexibility index (Phi) is 3.27. The summed E-state index contributed by atoms with van der Waals surface area (Å²) in [7, 11) is 3.98. The minimum atomic E-state index is 0.201. The Labute approximate surface area is 126 Å². The van der Waals surface area contributed by atoms with Gasteiger partial charge in [0.1, 0.15) is 0 Å². The standard InChI is InChI=1S/C19H18N2/c1-13-10-14-6-4-5-7-17(14)19(13)18-9-8-16(21(2)3)11-15(18)12-20/h4-11,19H,1-3H3. The fourth-order valence-electron chi connectivity index (χ4n) is 3.06. The third-order valence-electron chi connectivity index (χ3n) is 4.13. The van der Waals surface area contributed by atoms with Gasteiger partial charge in [-0.25, -0.2) is 0 Å². The van der Waals surface area contributed by atoms with Crippen molar-refractivity contribution in [3.63, 3.8) is 0 Å². The summed E-state index contributed by atoms with van der Waals surface area (Å²) in [6.45, 7) is 2.14. The van der Waals surface area contributed by atoms with Crippen molar-refractivity contribution in [2.45, 2.75) is 12.8 Å². The molecule has 21 heavy (non-hydrogen) atoms. The molecule has 0 aromatic heterocycles. The Morgan fingerprint density at radius 2 is 1.81 bits per heavy atom. The predicted molar refractivity (Wildman–Crippen MR) is 87.4 cm³/mol. The normalized spacial score (nSPS) is 16.1. The lowest BCUT2D eigenvalue weighted by molar-refractivity contribution is 0.968. The van der Waals surface area contributed by atoms with Crippen LogP contribution in [-0.4, -0.2) is 14.1 Å². The lowest BCUT2D eigenvalue weighted by Gasteiger charge is -2.19. The summed E-state index contributed by atoms with van der Waals surface area (Å²) in [6, 6.07) is 17.0. The van der Waals surface area contributed by atoms with Crippen LogP contribution in [0.4, 0.5) is 5.69 Å². The average Bonchev–Trinajstić information content (AvgIpc) is 2.82. The van der Waals surface area contributed by atoms with Gasteiger partial charge in [0, 0.05) is 25.7 Å². The molecule has 2 aromatic rings. The highest BCUT2D eigenvalue weighted by Crippen LogP contribution is 2.42. The van der Waals surface area contributed by atoms with Gasteiger partial charge in [0.15, 0.2) is 0 Å². The molecule has 1 atom stereocenters. The Balaban J connectivity index is 2.14. The van der Waals surface area contributed by atoms with Crippen molar-refractivity contribution in [3.8, 4) is 6.07 Å². The zero-order valence-electron chi connectivity index (χ0n) is 12.6. The molecule has 0 radical (unpaired) electrons. The topological polar surface area (TPSA) is 27.0 Å². The fourth-order valence-corrected chi connectivity index (χ4v) is 3.06. The maximum absolute atomic E-state index is 9.53. The largest absolute Gasteiger partial charge is 0.378 e. The van der Waals surface area contributed by atoms with Crippen molar-refractivity contribution in [2.24, 2.45) is 0 Å². The molecule has 0 amide bonds. The van der Waals surface area contributed by atoms with Gasteiger partial charge in [-0.1, -0.05) is 42.0 Å². The molecular weight excluding hydrogens is 256 g/mol. The van der Waals surface area contributed by atoms with Crippen LogP contribution in [-0.2, 0) is 0 Å². The van der Waals surface area contributed by atoms with Gasteiger partial charge >= 0.3 is 0 Å². The van der Waals surface area contributed by atoms with Crippen LogP contribution in [0.1, 0.15) is 35.1 Å². The summed E-state index contributed by atoms with van der Waals surface area (Å²) in [4.78, 5) is 2.02. The van der Waals surface area contributed by atoms with E-state index in [4.69, 9.17) is 0 Å². The number of hydrogen-bond donors (Lipinski definition) is 0. The van der Waals surface area contributed by atoms with Gasteiger partial charge in [-0.05, 0) is 35.7 Å². The second-order valence-corrected chi connectivity index (χ2v) is 5.73. The molecule has 1 aliphatic rings. The van der Waals surface area contributed by atoms with E-state index < -0.39 is 0 Å². The lowest BCUT2D eigenvalue weighted by atomic mass is 9.86. The van der Waals surface area contributed by atoms with Crippen molar-refractivity contribution in [1.82, 2.24) is 0 Å². The molecule has 2 nitrogen and oxygen atoms in total. The number of benzene rings is 2. The summed E-state index contributed by atoms with van der Waals surface area (Å²) >= 11 is 0. The zero-order valence-corrected chi connectivity index (χ0v) is 12.6. The Bertz CT molecular complexity index is 763. The molecule has 2 aromatic carbocycles. The summed E-state index contributed by atoms with van der Waals surface area (Å²) < 4.78 is 0. The van der Waals surface area contributed by atoms with Crippen molar-refractivity contribution in [2.75, 3.05) is 19.0 Å². The number of rotatable bonds is 2. The minimum absolute atomic E-state index is 0.201. The molecular formula is C19H18N2. The molecule has 1 unspecified atom stereocenters. The van der Waals surface area contributed by atoms with E-state index in [1.54, 1.807) is 0 Å². The van der Waals surface area contributed by atoms with E-state index >= 15 is 0 Å². The van der Waals surface area contributed by atoms with Crippen LogP contribution in [0.25, 0.3) is 6.08 Å². The second-order valence-electron chi connectivity index (χ2n) is 5.73. The van der Waals surface area contributed by atoms with Crippen LogP contribution >= 0.6 is 0 Å². The van der Waals surface area contributed by atoms with Crippen LogP contribution in [0.3, 0.4) is 0 Å². The molecule has 0 aliphatic heterocycles. The maximum Gasteiger partial charge on any atom is 0.0995 e.